The molecule has 1 saturated heterocycles. The molecule has 0 N–H and O–H groups in total. The maximum absolute atomic E-state index is 12.8. The molecule has 3 rings (SSSR count). The molecule has 1 aliphatic rings. The summed E-state index contributed by atoms with van der Waals surface area (Å²) in [6.07, 6.45) is 7.78. The Bertz CT molecular complexity index is 820. The minimum Gasteiger partial charge on any atom is -0.444 e. The fourth-order valence-corrected chi connectivity index (χ4v) is 3.19. The van der Waals surface area contributed by atoms with Gasteiger partial charge >= 0.3 is 12.1 Å². The normalized spacial score (nSPS) is 15.4. The van der Waals surface area contributed by atoms with E-state index in [-0.39, 0.29) is 18.2 Å². The van der Waals surface area contributed by atoms with Crippen LogP contribution in [0, 0.1) is 0 Å². The number of imidazole rings is 1. The number of nitrogens with zero attached hydrogens (tertiary/aromatic N) is 5. The average Bonchev–Trinajstić information content (AvgIpc) is 3.16. The summed E-state index contributed by atoms with van der Waals surface area (Å²) in [6, 6.07) is 3.66. The third kappa shape index (κ3) is 4.68. The van der Waals surface area contributed by atoms with E-state index in [4.69, 9.17) is 4.74 Å². The van der Waals surface area contributed by atoms with Gasteiger partial charge in [-0.25, -0.2) is 14.6 Å². The van der Waals surface area contributed by atoms with E-state index in [1.165, 1.54) is 10.9 Å². The maximum atomic E-state index is 12.8. The molecule has 3 heterocycles. The number of piperidine rings is 1. The second-order valence-corrected chi connectivity index (χ2v) is 8.00. The van der Waals surface area contributed by atoms with Crippen LogP contribution in [-0.2, 0) is 4.74 Å². The van der Waals surface area contributed by atoms with E-state index in [2.05, 4.69) is 9.97 Å². The molecular weight excluding hydrogens is 358 g/mol. The van der Waals surface area contributed by atoms with Crippen molar-refractivity contribution in [3.05, 3.63) is 37.1 Å². The lowest BCUT2D eigenvalue weighted by Gasteiger charge is -2.37. The molecule has 8 nitrogen and oxygen atoms in total. The first-order valence-corrected chi connectivity index (χ1v) is 9.44. The summed E-state index contributed by atoms with van der Waals surface area (Å²) in [5.41, 5.74) is 1.06. The van der Waals surface area contributed by atoms with Gasteiger partial charge in [0.15, 0.2) is 0 Å². The molecule has 28 heavy (non-hydrogen) atoms. The third-order valence-electron chi connectivity index (χ3n) is 4.73. The Morgan fingerprint density at radius 2 is 1.96 bits per heavy atom. The number of carbonyl (C=O) groups excluding carboxylic acids is 2. The minimum absolute atomic E-state index is 0.0652. The van der Waals surface area contributed by atoms with Crippen LogP contribution in [0.1, 0.15) is 33.6 Å². The van der Waals surface area contributed by atoms with E-state index in [0.29, 0.717) is 31.6 Å². The van der Waals surface area contributed by atoms with Crippen LogP contribution in [0.4, 0.5) is 9.59 Å². The summed E-state index contributed by atoms with van der Waals surface area (Å²) < 4.78 is 6.91. The highest BCUT2D eigenvalue weighted by atomic mass is 16.6. The molecular formula is C20H27N5O3. The Hall–Kier alpha value is -2.90. The molecule has 8 heteroatoms. The highest BCUT2D eigenvalue weighted by Gasteiger charge is 2.30. The number of pyridine rings is 1. The van der Waals surface area contributed by atoms with E-state index in [1.807, 2.05) is 32.9 Å². The third-order valence-corrected chi connectivity index (χ3v) is 4.73. The zero-order chi connectivity index (χ0) is 20.3. The lowest BCUT2D eigenvalue weighted by molar-refractivity contribution is 0.0172. The number of rotatable bonds is 2. The molecule has 2 aromatic rings. The molecule has 2 aromatic heterocycles. The van der Waals surface area contributed by atoms with E-state index >= 15 is 0 Å². The molecule has 0 unspecified atom stereocenters. The van der Waals surface area contributed by atoms with Crippen molar-refractivity contribution in [3.8, 4) is 11.3 Å². The topological polar surface area (TPSA) is 80.6 Å². The fraction of sp³-hybridized carbons (Fsp3) is 0.500. The molecule has 1 aliphatic heterocycles. The molecule has 1 fully saturated rings. The van der Waals surface area contributed by atoms with E-state index < -0.39 is 5.60 Å². The Morgan fingerprint density at radius 3 is 2.57 bits per heavy atom. The van der Waals surface area contributed by atoms with Crippen molar-refractivity contribution in [3.63, 3.8) is 0 Å². The van der Waals surface area contributed by atoms with Crippen molar-refractivity contribution >= 4 is 12.1 Å². The second kappa shape index (κ2) is 8.00. The Kier molecular flexibility index (Phi) is 5.67. The number of aromatic nitrogens is 3. The van der Waals surface area contributed by atoms with Gasteiger partial charge in [-0.3, -0.25) is 9.55 Å². The molecule has 0 aliphatic carbocycles. The van der Waals surface area contributed by atoms with Crippen LogP contribution >= 0.6 is 0 Å². The first kappa shape index (κ1) is 19.9. The van der Waals surface area contributed by atoms with Crippen LogP contribution in [0.15, 0.2) is 37.1 Å². The Labute approximate surface area is 165 Å². The van der Waals surface area contributed by atoms with E-state index in [9.17, 15) is 9.59 Å². The largest absolute Gasteiger partial charge is 0.444 e. The average molecular weight is 385 g/mol. The van der Waals surface area contributed by atoms with Crippen LogP contribution < -0.4 is 0 Å². The number of hydrogen-bond acceptors (Lipinski definition) is 5. The zero-order valence-electron chi connectivity index (χ0n) is 16.8. The summed E-state index contributed by atoms with van der Waals surface area (Å²) in [5, 5.41) is 0. The maximum Gasteiger partial charge on any atom is 0.410 e. The van der Waals surface area contributed by atoms with Gasteiger partial charge in [-0.15, -0.1) is 0 Å². The second-order valence-electron chi connectivity index (χ2n) is 8.00. The number of likely N-dealkylation sites (tertiary alicyclic amines) is 1. The zero-order valence-corrected chi connectivity index (χ0v) is 16.8. The molecule has 0 bridgehead atoms. The smallest absolute Gasteiger partial charge is 0.410 e. The predicted molar refractivity (Wildman–Crippen MR) is 105 cm³/mol. The van der Waals surface area contributed by atoms with E-state index in [0.717, 1.165) is 5.56 Å². The molecule has 0 radical (unpaired) electrons. The van der Waals surface area contributed by atoms with Crippen LogP contribution in [0.5, 0.6) is 0 Å². The van der Waals surface area contributed by atoms with Crippen LogP contribution in [0.3, 0.4) is 0 Å². The van der Waals surface area contributed by atoms with Gasteiger partial charge < -0.3 is 14.5 Å². The van der Waals surface area contributed by atoms with Crippen molar-refractivity contribution in [1.29, 1.82) is 0 Å². The first-order chi connectivity index (χ1) is 13.2. The molecule has 2 amide bonds. The van der Waals surface area contributed by atoms with Crippen molar-refractivity contribution < 1.29 is 14.3 Å². The van der Waals surface area contributed by atoms with Gasteiger partial charge in [0.1, 0.15) is 11.9 Å². The van der Waals surface area contributed by atoms with Gasteiger partial charge in [-0.2, -0.15) is 0 Å². The molecule has 0 atom stereocenters. The van der Waals surface area contributed by atoms with Gasteiger partial charge in [0.2, 0.25) is 0 Å². The van der Waals surface area contributed by atoms with Crippen molar-refractivity contribution in [1.82, 2.24) is 24.3 Å². The van der Waals surface area contributed by atoms with Crippen molar-refractivity contribution in [2.45, 2.75) is 45.3 Å². The van der Waals surface area contributed by atoms with Crippen molar-refractivity contribution in [2.75, 3.05) is 20.1 Å². The van der Waals surface area contributed by atoms with Gasteiger partial charge in [0, 0.05) is 50.3 Å². The number of ether oxygens (including phenoxy) is 1. The number of amides is 2. The van der Waals surface area contributed by atoms with Gasteiger partial charge in [-0.05, 0) is 45.7 Å². The monoisotopic (exact) mass is 385 g/mol. The number of carbonyl (C=O) groups is 2. The van der Waals surface area contributed by atoms with Gasteiger partial charge in [-0.1, -0.05) is 0 Å². The number of hydrogen-bond donors (Lipinski definition) is 0. The van der Waals surface area contributed by atoms with Gasteiger partial charge in [0.05, 0.1) is 5.69 Å². The summed E-state index contributed by atoms with van der Waals surface area (Å²) in [7, 11) is 1.79. The Balaban J connectivity index is 1.58. The summed E-state index contributed by atoms with van der Waals surface area (Å²) in [6.45, 7) is 6.71. The van der Waals surface area contributed by atoms with Gasteiger partial charge in [0.25, 0.3) is 0 Å². The standard InChI is InChI=1S/C20H27N5O3/c1-20(2,3)28-19(27)24-10-7-16(8-11-24)23(4)18(26)25-13-17(22-14-25)15-6-5-9-21-12-15/h5-6,9,12-14,16H,7-8,10-11H2,1-4H3. The molecule has 0 aromatic carbocycles. The lowest BCUT2D eigenvalue weighted by Crippen LogP contribution is -2.49. The van der Waals surface area contributed by atoms with Crippen molar-refractivity contribution in [2.24, 2.45) is 0 Å². The SMILES string of the molecule is CN(C(=O)n1cnc(-c2cccnc2)c1)C1CCN(C(=O)OC(C)(C)C)CC1. The fourth-order valence-electron chi connectivity index (χ4n) is 3.19. The quantitative estimate of drug-likeness (QED) is 0.793. The highest BCUT2D eigenvalue weighted by Crippen LogP contribution is 2.20. The van der Waals surface area contributed by atoms with Crippen LogP contribution in [0.25, 0.3) is 11.3 Å². The predicted octanol–water partition coefficient (Wildman–Crippen LogP) is 3.24. The molecule has 0 spiro atoms. The molecule has 0 saturated carbocycles. The van der Waals surface area contributed by atoms with Crippen LogP contribution in [0.2, 0.25) is 0 Å². The summed E-state index contributed by atoms with van der Waals surface area (Å²) in [5.74, 6) is 0. The molecule has 150 valence electrons. The highest BCUT2D eigenvalue weighted by molar-refractivity contribution is 5.78. The summed E-state index contributed by atoms with van der Waals surface area (Å²) >= 11 is 0. The van der Waals surface area contributed by atoms with E-state index in [1.54, 1.807) is 35.4 Å². The lowest BCUT2D eigenvalue weighted by atomic mass is 10.0. The first-order valence-electron chi connectivity index (χ1n) is 9.44. The Morgan fingerprint density at radius 1 is 1.25 bits per heavy atom. The van der Waals surface area contributed by atoms with Crippen LogP contribution in [-0.4, -0.2) is 68.2 Å². The minimum atomic E-state index is -0.506. The summed E-state index contributed by atoms with van der Waals surface area (Å²) in [4.78, 5) is 36.8.